The van der Waals surface area contributed by atoms with Crippen LogP contribution in [0, 0.1) is 5.82 Å². The van der Waals surface area contributed by atoms with Crippen molar-refractivity contribution in [1.29, 1.82) is 0 Å². The molecule has 0 spiro atoms. The van der Waals surface area contributed by atoms with Crippen LogP contribution in [0.25, 0.3) is 10.2 Å². The van der Waals surface area contributed by atoms with E-state index in [1.807, 2.05) is 12.1 Å². The van der Waals surface area contributed by atoms with E-state index in [0.29, 0.717) is 29.9 Å². The Labute approximate surface area is 147 Å². The third-order valence-electron chi connectivity index (χ3n) is 5.00. The number of pyridine rings is 1. The van der Waals surface area contributed by atoms with Crippen LogP contribution in [0.2, 0.25) is 0 Å². The monoisotopic (exact) mass is 357 g/mol. The Morgan fingerprint density at radius 1 is 1.24 bits per heavy atom. The van der Waals surface area contributed by atoms with E-state index in [4.69, 9.17) is 4.74 Å². The van der Waals surface area contributed by atoms with Gasteiger partial charge < -0.3 is 9.84 Å². The smallest absolute Gasteiger partial charge is 0.147 e. The van der Waals surface area contributed by atoms with Crippen LogP contribution in [-0.4, -0.2) is 45.3 Å². The highest BCUT2D eigenvalue weighted by Crippen LogP contribution is 2.42. The first-order valence-corrected chi connectivity index (χ1v) is 9.13. The molecule has 3 fully saturated rings. The Balaban J connectivity index is 1.66. The molecule has 7 heteroatoms. The van der Waals surface area contributed by atoms with Gasteiger partial charge in [0, 0.05) is 31.3 Å². The third-order valence-corrected chi connectivity index (χ3v) is 5.79. The highest BCUT2D eigenvalue weighted by molar-refractivity contribution is 7.16. The number of hydrogen-bond acceptors (Lipinski definition) is 6. The quantitative estimate of drug-likeness (QED) is 0.781. The predicted molar refractivity (Wildman–Crippen MR) is 92.2 cm³/mol. The second kappa shape index (κ2) is 5.72. The van der Waals surface area contributed by atoms with Crippen LogP contribution in [-0.2, 0) is 4.74 Å². The van der Waals surface area contributed by atoms with Gasteiger partial charge in [0.2, 0.25) is 0 Å². The van der Waals surface area contributed by atoms with Gasteiger partial charge in [-0.25, -0.2) is 9.37 Å². The van der Waals surface area contributed by atoms with Gasteiger partial charge in [-0.15, -0.1) is 11.3 Å². The lowest BCUT2D eigenvalue weighted by atomic mass is 9.92. The summed E-state index contributed by atoms with van der Waals surface area (Å²) in [5, 5.41) is 10.8. The number of fused-ring (bicyclic) bond motifs is 3. The minimum Gasteiger partial charge on any atom is -0.505 e. The molecule has 128 valence electrons. The van der Waals surface area contributed by atoms with Gasteiger partial charge in [-0.2, -0.15) is 0 Å². The number of piperidine rings is 1. The number of hydrogen-bond donors (Lipinski definition) is 1. The van der Waals surface area contributed by atoms with E-state index in [9.17, 15) is 9.50 Å². The van der Waals surface area contributed by atoms with Crippen molar-refractivity contribution in [3.63, 3.8) is 0 Å². The first-order chi connectivity index (χ1) is 12.2. The van der Waals surface area contributed by atoms with E-state index in [1.165, 1.54) is 17.4 Å². The zero-order valence-corrected chi connectivity index (χ0v) is 14.1. The summed E-state index contributed by atoms with van der Waals surface area (Å²) in [6, 6.07) is 6.32. The minimum absolute atomic E-state index is 0.106. The van der Waals surface area contributed by atoms with E-state index in [-0.39, 0.29) is 23.8 Å². The SMILES string of the molecule is Oc1c(C(c2ncccc2F)N2CC3CC(C2)O3)ccc2scnc12. The molecule has 0 radical (unpaired) electrons. The molecular formula is C18H16FN3O2S. The molecule has 5 heterocycles. The summed E-state index contributed by atoms with van der Waals surface area (Å²) in [5.74, 6) is -0.264. The summed E-state index contributed by atoms with van der Waals surface area (Å²) >= 11 is 1.47. The highest BCUT2D eigenvalue weighted by atomic mass is 32.1. The Kier molecular flexibility index (Phi) is 3.48. The van der Waals surface area contributed by atoms with Crippen LogP contribution in [0.4, 0.5) is 4.39 Å². The lowest BCUT2D eigenvalue weighted by Gasteiger charge is -2.49. The summed E-state index contributed by atoms with van der Waals surface area (Å²) in [4.78, 5) is 10.7. The number of ether oxygens (including phenoxy) is 1. The van der Waals surface area contributed by atoms with Crippen molar-refractivity contribution in [2.24, 2.45) is 0 Å². The molecule has 6 rings (SSSR count). The average molecular weight is 357 g/mol. The number of benzene rings is 1. The summed E-state index contributed by atoms with van der Waals surface area (Å²) in [5.41, 5.74) is 3.22. The zero-order chi connectivity index (χ0) is 17.0. The number of nitrogens with zero attached hydrogens (tertiary/aromatic N) is 3. The third kappa shape index (κ3) is 2.42. The van der Waals surface area contributed by atoms with Crippen LogP contribution in [0.3, 0.4) is 0 Å². The molecule has 2 bridgehead atoms. The maximum absolute atomic E-state index is 14.6. The predicted octanol–water partition coefficient (Wildman–Crippen LogP) is 3.10. The van der Waals surface area contributed by atoms with E-state index in [1.54, 1.807) is 17.8 Å². The molecule has 25 heavy (non-hydrogen) atoms. The summed E-state index contributed by atoms with van der Waals surface area (Å²) in [6.45, 7) is 1.40. The average Bonchev–Trinajstić information content (AvgIpc) is 3.08. The maximum atomic E-state index is 14.6. The Bertz CT molecular complexity index is 931. The number of aromatic hydroxyl groups is 1. The normalized spacial score (nSPS) is 24.2. The number of halogens is 1. The van der Waals surface area contributed by atoms with Crippen molar-refractivity contribution >= 4 is 21.6 Å². The summed E-state index contributed by atoms with van der Waals surface area (Å²) in [6.07, 6.45) is 2.99. The Morgan fingerprint density at radius 2 is 2.04 bits per heavy atom. The molecule has 3 aliphatic rings. The molecule has 0 saturated carbocycles. The fourth-order valence-corrected chi connectivity index (χ4v) is 4.55. The molecule has 0 aliphatic carbocycles. The highest BCUT2D eigenvalue weighted by Gasteiger charge is 2.42. The Hall–Kier alpha value is -2.09. The van der Waals surface area contributed by atoms with Gasteiger partial charge in [0.15, 0.2) is 0 Å². The lowest BCUT2D eigenvalue weighted by Crippen LogP contribution is -2.58. The molecule has 1 N–H and O–H groups in total. The van der Waals surface area contributed by atoms with Crippen LogP contribution in [0.1, 0.15) is 23.7 Å². The largest absolute Gasteiger partial charge is 0.505 e. The number of phenols is 1. The number of aromatic nitrogens is 2. The molecule has 3 unspecified atom stereocenters. The number of rotatable bonds is 3. The molecule has 3 atom stereocenters. The number of phenolic OH excluding ortho intramolecular Hbond substituents is 1. The van der Waals surface area contributed by atoms with Crippen LogP contribution < -0.4 is 0 Å². The lowest BCUT2D eigenvalue weighted by molar-refractivity contribution is -0.186. The molecular weight excluding hydrogens is 341 g/mol. The van der Waals surface area contributed by atoms with Crippen molar-refractivity contribution in [2.75, 3.05) is 13.1 Å². The molecule has 3 saturated heterocycles. The van der Waals surface area contributed by atoms with E-state index < -0.39 is 6.04 Å². The molecule has 1 aromatic carbocycles. The van der Waals surface area contributed by atoms with Crippen molar-refractivity contribution < 1.29 is 14.2 Å². The van der Waals surface area contributed by atoms with Gasteiger partial charge in [-0.1, -0.05) is 6.07 Å². The first-order valence-electron chi connectivity index (χ1n) is 8.25. The van der Waals surface area contributed by atoms with E-state index >= 15 is 0 Å². The van der Waals surface area contributed by atoms with Gasteiger partial charge in [0.05, 0.1) is 34.2 Å². The van der Waals surface area contributed by atoms with Gasteiger partial charge in [-0.05, 0) is 18.2 Å². The van der Waals surface area contributed by atoms with Gasteiger partial charge in [0.25, 0.3) is 0 Å². The number of morpholine rings is 1. The van der Waals surface area contributed by atoms with Crippen molar-refractivity contribution in [1.82, 2.24) is 14.9 Å². The standard InChI is InChI=1S/C18H16FN3O2S/c19-13-2-1-5-20-15(13)17(22-7-10-6-11(8-22)24-10)12-3-4-14-16(18(12)23)21-9-25-14/h1-5,9-11,17,23H,6-8H2. The van der Waals surface area contributed by atoms with E-state index in [2.05, 4.69) is 14.9 Å². The number of thiazole rings is 1. The topological polar surface area (TPSA) is 58.5 Å². The molecule has 5 nitrogen and oxygen atoms in total. The second-order valence-corrected chi connectivity index (χ2v) is 7.43. The molecule has 3 aromatic rings. The van der Waals surface area contributed by atoms with Crippen molar-refractivity contribution in [2.45, 2.75) is 24.7 Å². The van der Waals surface area contributed by atoms with Crippen molar-refractivity contribution in [3.8, 4) is 5.75 Å². The summed E-state index contributed by atoms with van der Waals surface area (Å²) < 4.78 is 21.2. The molecule has 2 aromatic heterocycles. The fourth-order valence-electron chi connectivity index (χ4n) is 3.87. The van der Waals surface area contributed by atoms with Gasteiger partial charge in [0.1, 0.15) is 17.1 Å². The van der Waals surface area contributed by atoms with Crippen molar-refractivity contribution in [3.05, 3.63) is 53.0 Å². The minimum atomic E-state index is -0.457. The van der Waals surface area contributed by atoms with Gasteiger partial charge >= 0.3 is 0 Å². The fraction of sp³-hybridized carbons (Fsp3) is 0.333. The van der Waals surface area contributed by atoms with E-state index in [0.717, 1.165) is 11.1 Å². The molecule has 3 aliphatic heterocycles. The zero-order valence-electron chi connectivity index (χ0n) is 13.3. The van der Waals surface area contributed by atoms with Gasteiger partial charge in [-0.3, -0.25) is 9.88 Å². The van der Waals surface area contributed by atoms with Crippen LogP contribution in [0.5, 0.6) is 5.75 Å². The van der Waals surface area contributed by atoms with Crippen LogP contribution in [0.15, 0.2) is 36.0 Å². The first kappa shape index (κ1) is 15.2. The summed E-state index contributed by atoms with van der Waals surface area (Å²) in [7, 11) is 0. The maximum Gasteiger partial charge on any atom is 0.147 e. The molecule has 0 amide bonds. The van der Waals surface area contributed by atoms with Crippen LogP contribution >= 0.6 is 11.3 Å². The Morgan fingerprint density at radius 3 is 2.80 bits per heavy atom. The second-order valence-electron chi connectivity index (χ2n) is 6.55.